The molecular weight excluding hydrogens is 146 g/mol. The molecule has 0 amide bonds. The van der Waals surface area contributed by atoms with E-state index in [1.807, 2.05) is 0 Å². The summed E-state index contributed by atoms with van der Waals surface area (Å²) in [6.07, 6.45) is 0. The Morgan fingerprint density at radius 2 is 2.22 bits per heavy atom. The van der Waals surface area contributed by atoms with E-state index in [0.717, 1.165) is 7.11 Å². The molecule has 0 radical (unpaired) electrons. The van der Waals surface area contributed by atoms with Crippen LogP contribution in [0, 0.1) is 5.41 Å². The number of methoxy groups -OCH3 is 1. The quantitative estimate of drug-likeness (QED) is 0.318. The molecular formula is C3H7NO4S. The highest BCUT2D eigenvalue weighted by Gasteiger charge is 2.08. The molecule has 2 N–H and O–H groups in total. The van der Waals surface area contributed by atoms with Gasteiger partial charge in [0.15, 0.2) is 11.7 Å². The second-order valence-corrected chi connectivity index (χ2v) is 2.81. The van der Waals surface area contributed by atoms with Crippen LogP contribution in [0.4, 0.5) is 0 Å². The standard InChI is InChI=1S/C3H7NO4S/c1-8-3(4)2-9(5,6)7/h4H,2H2,1H3,(H,5,6,7). The van der Waals surface area contributed by atoms with Gasteiger partial charge in [0.05, 0.1) is 7.11 Å². The third kappa shape index (κ3) is 5.25. The average Bonchev–Trinajstić information content (AvgIpc) is 1.62. The molecule has 54 valence electrons. The predicted octanol–water partition coefficient (Wildman–Crippen LogP) is -0.502. The van der Waals surface area contributed by atoms with Crippen molar-refractivity contribution >= 4 is 16.0 Å². The molecule has 0 aliphatic heterocycles. The Hall–Kier alpha value is -0.620. The highest BCUT2D eigenvalue weighted by Crippen LogP contribution is 1.83. The van der Waals surface area contributed by atoms with Gasteiger partial charge in [-0.25, -0.2) is 0 Å². The Bertz CT molecular complexity index is 194. The van der Waals surface area contributed by atoms with Crippen LogP contribution in [0.2, 0.25) is 0 Å². The summed E-state index contributed by atoms with van der Waals surface area (Å²) in [7, 11) is -2.92. The van der Waals surface area contributed by atoms with Crippen molar-refractivity contribution < 1.29 is 17.7 Å². The van der Waals surface area contributed by atoms with Crippen molar-refractivity contribution in [2.45, 2.75) is 0 Å². The second-order valence-electron chi connectivity index (χ2n) is 1.35. The van der Waals surface area contributed by atoms with Gasteiger partial charge in [-0.15, -0.1) is 0 Å². The molecule has 0 rings (SSSR count). The molecule has 0 aliphatic rings. The van der Waals surface area contributed by atoms with Gasteiger partial charge in [0.25, 0.3) is 10.1 Å². The normalized spacial score (nSPS) is 10.9. The summed E-state index contributed by atoms with van der Waals surface area (Å²) in [5, 5.41) is 6.63. The van der Waals surface area contributed by atoms with Crippen LogP contribution < -0.4 is 0 Å². The van der Waals surface area contributed by atoms with Crippen LogP contribution in [-0.4, -0.2) is 31.7 Å². The first kappa shape index (κ1) is 8.38. The van der Waals surface area contributed by atoms with Crippen LogP contribution in [0.1, 0.15) is 0 Å². The Morgan fingerprint density at radius 1 is 1.78 bits per heavy atom. The van der Waals surface area contributed by atoms with E-state index in [4.69, 9.17) is 9.96 Å². The van der Waals surface area contributed by atoms with E-state index < -0.39 is 21.8 Å². The largest absolute Gasteiger partial charge is 0.484 e. The van der Waals surface area contributed by atoms with E-state index in [0.29, 0.717) is 0 Å². The van der Waals surface area contributed by atoms with Crippen LogP contribution in [0.3, 0.4) is 0 Å². The zero-order valence-corrected chi connectivity index (χ0v) is 5.60. The lowest BCUT2D eigenvalue weighted by Crippen LogP contribution is -2.15. The Labute approximate surface area is 52.9 Å². The molecule has 0 aromatic rings. The third-order valence-electron chi connectivity index (χ3n) is 0.560. The highest BCUT2D eigenvalue weighted by molar-refractivity contribution is 7.86. The first-order valence-corrected chi connectivity index (χ1v) is 3.63. The molecule has 0 aliphatic carbocycles. The van der Waals surface area contributed by atoms with E-state index in [1.54, 1.807) is 0 Å². The monoisotopic (exact) mass is 153 g/mol. The molecule has 5 nitrogen and oxygen atoms in total. The maximum absolute atomic E-state index is 9.94. The maximum Gasteiger partial charge on any atom is 0.273 e. The fraction of sp³-hybridized carbons (Fsp3) is 0.667. The lowest BCUT2D eigenvalue weighted by atomic mass is 10.8. The highest BCUT2D eigenvalue weighted by atomic mass is 32.2. The summed E-state index contributed by atoms with van der Waals surface area (Å²) >= 11 is 0. The molecule has 0 heterocycles. The number of nitrogens with one attached hydrogen (secondary N) is 1. The van der Waals surface area contributed by atoms with Crippen LogP contribution in [0.25, 0.3) is 0 Å². The van der Waals surface area contributed by atoms with Crippen molar-refractivity contribution in [3.05, 3.63) is 0 Å². The molecule has 0 atom stereocenters. The molecule has 0 unspecified atom stereocenters. The fourth-order valence-electron chi connectivity index (χ4n) is 0.225. The minimum absolute atomic E-state index is 0.475. The summed E-state index contributed by atoms with van der Waals surface area (Å²) in [5.41, 5.74) is 0. The van der Waals surface area contributed by atoms with Gasteiger partial charge in [-0.05, 0) is 0 Å². The number of ether oxygens (including phenoxy) is 1. The van der Waals surface area contributed by atoms with Gasteiger partial charge in [-0.1, -0.05) is 0 Å². The van der Waals surface area contributed by atoms with Gasteiger partial charge in [0.2, 0.25) is 0 Å². The lowest BCUT2D eigenvalue weighted by molar-refractivity contribution is 0.393. The topological polar surface area (TPSA) is 87.5 Å². The van der Waals surface area contributed by atoms with Gasteiger partial charge < -0.3 is 4.74 Å². The number of hydrogen-bond donors (Lipinski definition) is 2. The van der Waals surface area contributed by atoms with Crippen LogP contribution >= 0.6 is 0 Å². The summed E-state index contributed by atoms with van der Waals surface area (Å²) in [5.74, 6) is -1.23. The fourth-order valence-corrected chi connectivity index (χ4v) is 0.674. The molecule has 0 spiro atoms. The summed E-state index contributed by atoms with van der Waals surface area (Å²) < 4.78 is 32.1. The maximum atomic E-state index is 9.94. The van der Waals surface area contributed by atoms with Crippen LogP contribution in [-0.2, 0) is 14.9 Å². The van der Waals surface area contributed by atoms with Crippen molar-refractivity contribution in [1.29, 1.82) is 5.41 Å². The molecule has 9 heavy (non-hydrogen) atoms. The minimum Gasteiger partial charge on any atom is -0.484 e. The smallest absolute Gasteiger partial charge is 0.273 e. The summed E-state index contributed by atoms with van der Waals surface area (Å²) in [6, 6.07) is 0. The van der Waals surface area contributed by atoms with Gasteiger partial charge in [-0.2, -0.15) is 8.42 Å². The molecule has 0 saturated carbocycles. The van der Waals surface area contributed by atoms with E-state index in [1.165, 1.54) is 0 Å². The van der Waals surface area contributed by atoms with E-state index in [2.05, 4.69) is 4.74 Å². The second kappa shape index (κ2) is 2.79. The van der Waals surface area contributed by atoms with Gasteiger partial charge in [-0.3, -0.25) is 9.96 Å². The van der Waals surface area contributed by atoms with Crippen molar-refractivity contribution in [3.63, 3.8) is 0 Å². The van der Waals surface area contributed by atoms with Crippen molar-refractivity contribution in [2.24, 2.45) is 0 Å². The van der Waals surface area contributed by atoms with Gasteiger partial charge in [0, 0.05) is 0 Å². The lowest BCUT2D eigenvalue weighted by Gasteiger charge is -1.96. The van der Waals surface area contributed by atoms with Gasteiger partial charge >= 0.3 is 0 Å². The zero-order chi connectivity index (χ0) is 7.49. The molecule has 0 aromatic carbocycles. The van der Waals surface area contributed by atoms with E-state index >= 15 is 0 Å². The third-order valence-corrected chi connectivity index (χ3v) is 1.19. The Morgan fingerprint density at radius 3 is 2.33 bits per heavy atom. The summed E-state index contributed by atoms with van der Waals surface area (Å²) in [4.78, 5) is 0. The summed E-state index contributed by atoms with van der Waals surface area (Å²) in [6.45, 7) is 0. The predicted molar refractivity (Wildman–Crippen MR) is 31.2 cm³/mol. The number of hydrogen-bond acceptors (Lipinski definition) is 4. The number of rotatable bonds is 2. The Kier molecular flexibility index (Phi) is 2.60. The average molecular weight is 153 g/mol. The van der Waals surface area contributed by atoms with Gasteiger partial charge in [0.1, 0.15) is 0 Å². The Balaban J connectivity index is 3.91. The minimum atomic E-state index is -4.08. The van der Waals surface area contributed by atoms with Crippen molar-refractivity contribution in [2.75, 3.05) is 12.9 Å². The molecule has 0 aromatic heterocycles. The SMILES string of the molecule is COC(=N)CS(=O)(=O)O. The molecule has 0 fully saturated rings. The zero-order valence-electron chi connectivity index (χ0n) is 4.79. The van der Waals surface area contributed by atoms with E-state index in [-0.39, 0.29) is 0 Å². The van der Waals surface area contributed by atoms with E-state index in [9.17, 15) is 8.42 Å². The first-order valence-electron chi connectivity index (χ1n) is 2.02. The van der Waals surface area contributed by atoms with Crippen LogP contribution in [0.15, 0.2) is 0 Å². The van der Waals surface area contributed by atoms with Crippen molar-refractivity contribution in [1.82, 2.24) is 0 Å². The molecule has 0 bridgehead atoms. The van der Waals surface area contributed by atoms with Crippen molar-refractivity contribution in [3.8, 4) is 0 Å². The first-order chi connectivity index (χ1) is 3.95. The molecule has 6 heteroatoms. The van der Waals surface area contributed by atoms with Crippen LogP contribution in [0.5, 0.6) is 0 Å². The molecule has 0 saturated heterocycles.